The number of nitrogens with zero attached hydrogens (tertiary/aromatic N) is 3. The number of carbonyl (C=O) groups is 1. The minimum Gasteiger partial charge on any atom is -0.471 e. The summed E-state index contributed by atoms with van der Waals surface area (Å²) >= 11 is 0. The van der Waals surface area contributed by atoms with Crippen molar-refractivity contribution in [2.75, 3.05) is 27.2 Å². The Balaban J connectivity index is 1.45. The van der Waals surface area contributed by atoms with Crippen LogP contribution in [0.15, 0.2) is 54.9 Å². The van der Waals surface area contributed by atoms with Crippen molar-refractivity contribution in [2.45, 2.75) is 63.5 Å². The van der Waals surface area contributed by atoms with E-state index in [1.165, 1.54) is 0 Å². The number of amides is 1. The Labute approximate surface area is 220 Å². The van der Waals surface area contributed by atoms with E-state index in [0.29, 0.717) is 29.9 Å². The molecule has 1 amide bonds. The van der Waals surface area contributed by atoms with Crippen LogP contribution >= 0.6 is 0 Å². The number of unbranched alkanes of at least 4 members (excludes halogenated alkanes) is 1. The lowest BCUT2D eigenvalue weighted by Gasteiger charge is -2.49. The van der Waals surface area contributed by atoms with Gasteiger partial charge in [0.25, 0.3) is 5.91 Å². The first kappa shape index (κ1) is 27.0. The first-order chi connectivity index (χ1) is 17.7. The maximum Gasteiger partial charge on any atom is 0.255 e. The summed E-state index contributed by atoms with van der Waals surface area (Å²) in [5, 5.41) is 13.7. The third-order valence-electron chi connectivity index (χ3n) is 7.99. The van der Waals surface area contributed by atoms with Gasteiger partial charge in [-0.1, -0.05) is 31.5 Å². The molecule has 1 aliphatic carbocycles. The SMILES string of the molecule is CCCCc1cc2ccccc2c(OCC[N+](C)(C)[C@H]2CCC(Cc3ccncc3)C[C@@]2(O)C(N)=O)n1. The van der Waals surface area contributed by atoms with E-state index in [4.69, 9.17) is 15.5 Å². The molecule has 7 nitrogen and oxygen atoms in total. The molecule has 1 saturated carbocycles. The molecule has 0 bridgehead atoms. The zero-order valence-corrected chi connectivity index (χ0v) is 22.4. The molecule has 3 N–H and O–H groups in total. The fourth-order valence-corrected chi connectivity index (χ4v) is 5.88. The van der Waals surface area contributed by atoms with E-state index in [1.807, 2.05) is 44.4 Å². The Kier molecular flexibility index (Phi) is 8.45. The highest BCUT2D eigenvalue weighted by atomic mass is 16.5. The minimum absolute atomic E-state index is 0.189. The van der Waals surface area contributed by atoms with E-state index in [1.54, 1.807) is 12.4 Å². The van der Waals surface area contributed by atoms with Gasteiger partial charge in [0.1, 0.15) is 19.2 Å². The summed E-state index contributed by atoms with van der Waals surface area (Å²) in [4.78, 5) is 21.5. The monoisotopic (exact) mass is 505 g/mol. The molecule has 1 unspecified atom stereocenters. The van der Waals surface area contributed by atoms with Crippen LogP contribution in [0.1, 0.15) is 50.3 Å². The summed E-state index contributed by atoms with van der Waals surface area (Å²) in [7, 11) is 4.10. The number of hydrogen-bond donors (Lipinski definition) is 2. The highest BCUT2D eigenvalue weighted by molar-refractivity contribution is 5.87. The number of nitrogens with two attached hydrogens (primary N) is 1. The second-order valence-electron chi connectivity index (χ2n) is 11.1. The van der Waals surface area contributed by atoms with E-state index >= 15 is 0 Å². The Morgan fingerprint density at radius 3 is 2.68 bits per heavy atom. The van der Waals surface area contributed by atoms with Crippen molar-refractivity contribution in [3.05, 3.63) is 66.1 Å². The molecule has 3 aromatic rings. The van der Waals surface area contributed by atoms with Gasteiger partial charge in [-0.3, -0.25) is 9.78 Å². The maximum atomic E-state index is 12.6. The number of carbonyl (C=O) groups excluding carboxylic acids is 1. The molecule has 1 aliphatic rings. The molecule has 3 atom stereocenters. The van der Waals surface area contributed by atoms with Crippen LogP contribution in [0.3, 0.4) is 0 Å². The fourth-order valence-electron chi connectivity index (χ4n) is 5.88. The number of aromatic nitrogens is 2. The minimum atomic E-state index is -1.57. The summed E-state index contributed by atoms with van der Waals surface area (Å²) < 4.78 is 6.70. The molecule has 0 spiro atoms. The summed E-state index contributed by atoms with van der Waals surface area (Å²) in [6, 6.07) is 14.0. The number of fused-ring (bicyclic) bond motifs is 1. The summed E-state index contributed by atoms with van der Waals surface area (Å²) in [6.07, 6.45) is 9.49. The quantitative estimate of drug-likeness (QED) is 0.383. The van der Waals surface area contributed by atoms with Crippen LogP contribution in [0, 0.1) is 5.92 Å². The third kappa shape index (κ3) is 6.28. The number of aliphatic hydroxyl groups is 1. The molecule has 37 heavy (non-hydrogen) atoms. The number of ether oxygens (including phenoxy) is 1. The number of rotatable bonds is 11. The molecule has 4 rings (SSSR count). The van der Waals surface area contributed by atoms with Gasteiger partial charge in [-0.25, -0.2) is 4.98 Å². The summed E-state index contributed by atoms with van der Waals surface area (Å²) in [5.41, 5.74) is 6.47. The van der Waals surface area contributed by atoms with Crippen molar-refractivity contribution >= 4 is 16.7 Å². The lowest BCUT2D eigenvalue weighted by Crippen LogP contribution is -2.68. The standard InChI is InChI=1S/C30H40N4O3/c1-4-5-9-25-20-24-8-6-7-10-26(24)28(33-25)37-18-17-34(2,3)27-12-11-23(21-30(27,36)29(31)35)19-22-13-15-32-16-14-22/h6-8,10,13-16,20,23,27,36H,4-5,9,11-12,17-19,21H2,1-3H3,(H-,31,35)/p+1/t23?,27-,30-/m0/s1. The number of likely N-dealkylation sites (N-methyl/N-ethyl adjacent to an activating group) is 1. The van der Waals surface area contributed by atoms with Crippen LogP contribution in [-0.2, 0) is 17.6 Å². The predicted molar refractivity (Wildman–Crippen MR) is 146 cm³/mol. The zero-order chi connectivity index (χ0) is 26.5. The lowest BCUT2D eigenvalue weighted by atomic mass is 9.71. The average molecular weight is 506 g/mol. The molecule has 0 aliphatic heterocycles. The van der Waals surface area contributed by atoms with Gasteiger partial charge < -0.3 is 20.1 Å². The Morgan fingerprint density at radius 2 is 1.95 bits per heavy atom. The van der Waals surface area contributed by atoms with Crippen molar-refractivity contribution in [3.8, 4) is 5.88 Å². The molecule has 7 heteroatoms. The first-order valence-corrected chi connectivity index (χ1v) is 13.5. The van der Waals surface area contributed by atoms with Gasteiger partial charge in [-0.15, -0.1) is 0 Å². The largest absolute Gasteiger partial charge is 0.471 e. The van der Waals surface area contributed by atoms with E-state index in [9.17, 15) is 9.90 Å². The topological polar surface area (TPSA) is 98.3 Å². The predicted octanol–water partition coefficient (Wildman–Crippen LogP) is 4.06. The average Bonchev–Trinajstić information content (AvgIpc) is 2.87. The van der Waals surface area contributed by atoms with Crippen molar-refractivity contribution in [1.82, 2.24) is 9.97 Å². The van der Waals surface area contributed by atoms with Crippen LogP contribution in [0.5, 0.6) is 5.88 Å². The van der Waals surface area contributed by atoms with Gasteiger partial charge in [0.05, 0.1) is 14.1 Å². The molecule has 1 fully saturated rings. The normalized spacial score (nSPS) is 22.2. The molecule has 198 valence electrons. The fraction of sp³-hybridized carbons (Fsp3) is 0.500. The van der Waals surface area contributed by atoms with Crippen molar-refractivity contribution in [3.63, 3.8) is 0 Å². The van der Waals surface area contributed by atoms with Crippen molar-refractivity contribution < 1.29 is 19.1 Å². The van der Waals surface area contributed by atoms with Crippen molar-refractivity contribution in [2.24, 2.45) is 11.7 Å². The van der Waals surface area contributed by atoms with Gasteiger partial charge in [-0.05, 0) is 73.2 Å². The van der Waals surface area contributed by atoms with E-state index in [0.717, 1.165) is 60.6 Å². The van der Waals surface area contributed by atoms with Gasteiger partial charge in [0, 0.05) is 29.9 Å². The van der Waals surface area contributed by atoms with Crippen LogP contribution in [0.2, 0.25) is 0 Å². The van der Waals surface area contributed by atoms with Crippen LogP contribution < -0.4 is 10.5 Å². The molecule has 2 aromatic heterocycles. The zero-order valence-electron chi connectivity index (χ0n) is 22.4. The van der Waals surface area contributed by atoms with E-state index < -0.39 is 11.5 Å². The Hall–Kier alpha value is -3.03. The highest BCUT2D eigenvalue weighted by Crippen LogP contribution is 2.39. The molecular formula is C30H41N4O3+. The number of pyridine rings is 2. The van der Waals surface area contributed by atoms with E-state index in [-0.39, 0.29) is 12.0 Å². The second kappa shape index (κ2) is 11.6. The van der Waals surface area contributed by atoms with Gasteiger partial charge in [0.2, 0.25) is 5.88 Å². The molecule has 0 radical (unpaired) electrons. The molecule has 0 saturated heterocycles. The maximum absolute atomic E-state index is 12.6. The third-order valence-corrected chi connectivity index (χ3v) is 7.99. The number of benzene rings is 1. The van der Waals surface area contributed by atoms with E-state index in [2.05, 4.69) is 24.0 Å². The molecular weight excluding hydrogens is 464 g/mol. The summed E-state index contributed by atoms with van der Waals surface area (Å²) in [6.45, 7) is 3.22. The first-order valence-electron chi connectivity index (χ1n) is 13.5. The van der Waals surface area contributed by atoms with Gasteiger partial charge in [-0.2, -0.15) is 0 Å². The molecule has 2 heterocycles. The smallest absolute Gasteiger partial charge is 0.255 e. The Bertz CT molecular complexity index is 1200. The van der Waals surface area contributed by atoms with Gasteiger partial charge >= 0.3 is 0 Å². The second-order valence-corrected chi connectivity index (χ2v) is 11.1. The van der Waals surface area contributed by atoms with Crippen LogP contribution in [0.25, 0.3) is 10.8 Å². The Morgan fingerprint density at radius 1 is 1.19 bits per heavy atom. The summed E-state index contributed by atoms with van der Waals surface area (Å²) in [5.74, 6) is 0.199. The van der Waals surface area contributed by atoms with Crippen LogP contribution in [0.4, 0.5) is 0 Å². The number of primary amides is 1. The van der Waals surface area contributed by atoms with Crippen molar-refractivity contribution in [1.29, 1.82) is 0 Å². The number of aryl methyl sites for hydroxylation is 1. The molecule has 1 aromatic carbocycles. The lowest BCUT2D eigenvalue weighted by molar-refractivity contribution is -0.922. The number of quaternary nitrogens is 1. The van der Waals surface area contributed by atoms with Gasteiger partial charge in [0.15, 0.2) is 5.60 Å². The number of hydrogen-bond acceptors (Lipinski definition) is 5. The highest BCUT2D eigenvalue weighted by Gasteiger charge is 2.54. The van der Waals surface area contributed by atoms with Crippen LogP contribution in [-0.4, -0.2) is 64.4 Å².